The second-order valence-electron chi connectivity index (χ2n) is 12.9. The van der Waals surface area contributed by atoms with Crippen LogP contribution in [0, 0.1) is 11.8 Å². The van der Waals surface area contributed by atoms with Crippen molar-refractivity contribution in [3.63, 3.8) is 0 Å². The number of nitrogens with one attached hydrogen (secondary N) is 2. The molecule has 4 aliphatic rings. The highest BCUT2D eigenvalue weighted by molar-refractivity contribution is 6.04. The summed E-state index contributed by atoms with van der Waals surface area (Å²) in [7, 11) is 1.65. The Kier molecular flexibility index (Phi) is 9.44. The standard InChI is InChI=1S/C32H48N4O6/c1-5-41-21-32(13-6-7-14-32)34-28(37)22-17-23(20-33-19-22)29(38)36(24-9-10-24)25-11-12-27-26(18-25)35(15-8-16-40-4)30(39)31(2,3)42-27/h11-12,18,22-24,33H,5-10,13-17,19-21H2,1-4H3,(H,34,37)/t22-,23+/m0/s1. The molecule has 1 aromatic rings. The summed E-state index contributed by atoms with van der Waals surface area (Å²) < 4.78 is 17.1. The van der Waals surface area contributed by atoms with E-state index in [2.05, 4.69) is 10.6 Å². The van der Waals surface area contributed by atoms with Crippen LogP contribution in [0.4, 0.5) is 11.4 Å². The first kappa shape index (κ1) is 30.8. The van der Waals surface area contributed by atoms with E-state index in [1.807, 2.05) is 30.0 Å². The molecule has 3 fully saturated rings. The number of piperidine rings is 1. The highest BCUT2D eigenvalue weighted by Crippen LogP contribution is 2.43. The monoisotopic (exact) mass is 584 g/mol. The number of amides is 3. The molecule has 10 heteroatoms. The van der Waals surface area contributed by atoms with Crippen molar-refractivity contribution in [3.8, 4) is 5.75 Å². The molecular formula is C32H48N4O6. The van der Waals surface area contributed by atoms with Gasteiger partial charge in [-0.2, -0.15) is 0 Å². The summed E-state index contributed by atoms with van der Waals surface area (Å²) in [6.45, 7) is 8.86. The zero-order valence-electron chi connectivity index (χ0n) is 25.7. The van der Waals surface area contributed by atoms with E-state index in [1.54, 1.807) is 25.9 Å². The van der Waals surface area contributed by atoms with Gasteiger partial charge in [-0.05, 0) is 77.5 Å². The van der Waals surface area contributed by atoms with Gasteiger partial charge in [0.1, 0.15) is 5.75 Å². The van der Waals surface area contributed by atoms with E-state index in [4.69, 9.17) is 14.2 Å². The van der Waals surface area contributed by atoms with Crippen LogP contribution in [0.5, 0.6) is 5.75 Å². The van der Waals surface area contributed by atoms with E-state index in [9.17, 15) is 14.4 Å². The van der Waals surface area contributed by atoms with E-state index < -0.39 is 5.60 Å². The van der Waals surface area contributed by atoms with Crippen LogP contribution in [0.25, 0.3) is 0 Å². The smallest absolute Gasteiger partial charge is 0.270 e. The van der Waals surface area contributed by atoms with Gasteiger partial charge in [-0.1, -0.05) is 12.8 Å². The number of hydrogen-bond acceptors (Lipinski definition) is 7. The average Bonchev–Trinajstić information content (AvgIpc) is 3.71. The van der Waals surface area contributed by atoms with Crippen molar-refractivity contribution in [1.82, 2.24) is 10.6 Å². The normalized spacial score (nSPS) is 24.6. The topological polar surface area (TPSA) is 109 Å². The molecule has 1 aromatic carbocycles. The fourth-order valence-corrected chi connectivity index (χ4v) is 6.69. The van der Waals surface area contributed by atoms with Gasteiger partial charge in [-0.15, -0.1) is 0 Å². The van der Waals surface area contributed by atoms with E-state index in [-0.39, 0.29) is 41.1 Å². The largest absolute Gasteiger partial charge is 0.476 e. The van der Waals surface area contributed by atoms with Crippen molar-refractivity contribution in [2.24, 2.45) is 11.8 Å². The van der Waals surface area contributed by atoms with Gasteiger partial charge in [0.05, 0.1) is 29.7 Å². The summed E-state index contributed by atoms with van der Waals surface area (Å²) in [6.07, 6.45) is 7.12. The number of carbonyl (C=O) groups excluding carboxylic acids is 3. The number of rotatable bonds is 12. The third-order valence-electron chi connectivity index (χ3n) is 9.12. The summed E-state index contributed by atoms with van der Waals surface area (Å²) in [6, 6.07) is 5.84. The zero-order valence-corrected chi connectivity index (χ0v) is 25.7. The van der Waals surface area contributed by atoms with Gasteiger partial charge >= 0.3 is 0 Å². The number of benzene rings is 1. The van der Waals surface area contributed by atoms with Crippen LogP contribution in [0.15, 0.2) is 18.2 Å². The van der Waals surface area contributed by atoms with Crippen LogP contribution < -0.4 is 25.2 Å². The molecule has 2 saturated carbocycles. The molecule has 232 valence electrons. The van der Waals surface area contributed by atoms with Crippen LogP contribution >= 0.6 is 0 Å². The first-order valence-electron chi connectivity index (χ1n) is 15.8. The van der Waals surface area contributed by atoms with Gasteiger partial charge in [0, 0.05) is 51.7 Å². The molecular weight excluding hydrogens is 536 g/mol. The molecule has 0 unspecified atom stereocenters. The Bertz CT molecular complexity index is 1150. The predicted octanol–water partition coefficient (Wildman–Crippen LogP) is 3.41. The van der Waals surface area contributed by atoms with Crippen molar-refractivity contribution in [1.29, 1.82) is 0 Å². The molecule has 0 spiro atoms. The number of anilines is 2. The summed E-state index contributed by atoms with van der Waals surface area (Å²) in [5.41, 5.74) is 0.177. The Morgan fingerprint density at radius 1 is 1.17 bits per heavy atom. The molecule has 2 aliphatic heterocycles. The van der Waals surface area contributed by atoms with Crippen molar-refractivity contribution >= 4 is 29.1 Å². The summed E-state index contributed by atoms with van der Waals surface area (Å²) in [5, 5.41) is 6.70. The van der Waals surface area contributed by atoms with Crippen LogP contribution in [0.1, 0.15) is 72.1 Å². The highest BCUT2D eigenvalue weighted by atomic mass is 16.5. The molecule has 0 bridgehead atoms. The maximum Gasteiger partial charge on any atom is 0.270 e. The minimum absolute atomic E-state index is 0.0123. The number of ether oxygens (including phenoxy) is 3. The van der Waals surface area contributed by atoms with Gasteiger partial charge in [0.25, 0.3) is 5.91 Å². The van der Waals surface area contributed by atoms with Crippen molar-refractivity contribution in [2.45, 2.75) is 89.3 Å². The van der Waals surface area contributed by atoms with Gasteiger partial charge in [0.2, 0.25) is 11.8 Å². The lowest BCUT2D eigenvalue weighted by Crippen LogP contribution is -2.55. The molecule has 2 atom stereocenters. The zero-order chi connectivity index (χ0) is 29.9. The second kappa shape index (κ2) is 12.9. The third kappa shape index (κ3) is 6.60. The first-order chi connectivity index (χ1) is 20.2. The molecule has 1 saturated heterocycles. The summed E-state index contributed by atoms with van der Waals surface area (Å²) in [5.74, 6) is -0.0248. The Morgan fingerprint density at radius 3 is 2.60 bits per heavy atom. The predicted molar refractivity (Wildman–Crippen MR) is 161 cm³/mol. The Hall–Kier alpha value is -2.69. The Labute approximate surface area is 249 Å². The Morgan fingerprint density at radius 2 is 1.90 bits per heavy atom. The minimum Gasteiger partial charge on any atom is -0.476 e. The van der Waals surface area contributed by atoms with Crippen LogP contribution in [-0.2, 0) is 23.9 Å². The van der Waals surface area contributed by atoms with E-state index in [0.29, 0.717) is 63.7 Å². The lowest BCUT2D eigenvalue weighted by Gasteiger charge is -2.40. The van der Waals surface area contributed by atoms with Crippen LogP contribution in [0.3, 0.4) is 0 Å². The first-order valence-corrected chi connectivity index (χ1v) is 15.8. The summed E-state index contributed by atoms with van der Waals surface area (Å²) in [4.78, 5) is 44.6. The van der Waals surface area contributed by atoms with Crippen molar-refractivity contribution in [2.75, 3.05) is 56.4 Å². The number of nitrogens with zero attached hydrogens (tertiary/aromatic N) is 2. The SMILES string of the molecule is CCOCC1(NC(=O)[C@@H]2CNC[C@H](C(=O)N(c3ccc4c(c3)N(CCCOC)C(=O)C(C)(C)O4)C3CC3)C2)CCCC1. The molecule has 3 amide bonds. The number of carbonyl (C=O) groups is 3. The number of fused-ring (bicyclic) bond motifs is 1. The van der Waals surface area contributed by atoms with Crippen LogP contribution in [-0.4, -0.2) is 81.5 Å². The molecule has 2 aliphatic carbocycles. The fraction of sp³-hybridized carbons (Fsp3) is 0.719. The quantitative estimate of drug-likeness (QED) is 0.363. The van der Waals surface area contributed by atoms with Crippen LogP contribution in [0.2, 0.25) is 0 Å². The van der Waals surface area contributed by atoms with Gasteiger partial charge in [-0.25, -0.2) is 0 Å². The maximum atomic E-state index is 14.1. The molecule has 42 heavy (non-hydrogen) atoms. The molecule has 2 N–H and O–H groups in total. The molecule has 0 aromatic heterocycles. The second-order valence-corrected chi connectivity index (χ2v) is 12.9. The lowest BCUT2D eigenvalue weighted by atomic mass is 9.87. The molecule has 2 heterocycles. The van der Waals surface area contributed by atoms with Gasteiger partial charge in [-0.3, -0.25) is 14.4 Å². The average molecular weight is 585 g/mol. The lowest BCUT2D eigenvalue weighted by molar-refractivity contribution is -0.133. The minimum atomic E-state index is -0.976. The van der Waals surface area contributed by atoms with E-state index in [1.165, 1.54) is 0 Å². The van der Waals surface area contributed by atoms with Gasteiger partial charge < -0.3 is 34.6 Å². The Balaban J connectivity index is 1.33. The van der Waals surface area contributed by atoms with Crippen molar-refractivity contribution < 1.29 is 28.6 Å². The van der Waals surface area contributed by atoms with E-state index >= 15 is 0 Å². The summed E-state index contributed by atoms with van der Waals surface area (Å²) >= 11 is 0. The maximum absolute atomic E-state index is 14.1. The number of methoxy groups -OCH3 is 1. The third-order valence-corrected chi connectivity index (χ3v) is 9.12. The van der Waals surface area contributed by atoms with E-state index in [0.717, 1.165) is 44.2 Å². The molecule has 0 radical (unpaired) electrons. The number of hydrogen-bond donors (Lipinski definition) is 2. The fourth-order valence-electron chi connectivity index (χ4n) is 6.69. The molecule has 10 nitrogen and oxygen atoms in total. The molecule has 5 rings (SSSR count). The van der Waals surface area contributed by atoms with Crippen molar-refractivity contribution in [3.05, 3.63) is 18.2 Å². The van der Waals surface area contributed by atoms with Gasteiger partial charge in [0.15, 0.2) is 5.60 Å². The highest BCUT2D eigenvalue weighted by Gasteiger charge is 2.44.